The molecule has 1 amide bonds. The number of hydrogen-bond donors (Lipinski definition) is 2. The average Bonchev–Trinajstić information content (AvgIpc) is 3.03. The van der Waals surface area contributed by atoms with Crippen LogP contribution in [0.1, 0.15) is 24.3 Å². The number of ether oxygens (including phenoxy) is 1. The third-order valence-corrected chi connectivity index (χ3v) is 3.06. The fourth-order valence-corrected chi connectivity index (χ4v) is 1.93. The molecule has 0 aliphatic carbocycles. The minimum Gasteiger partial charge on any atom is -0.477 e. The fraction of sp³-hybridized carbons (Fsp3) is 0.267. The highest BCUT2D eigenvalue weighted by Crippen LogP contribution is 2.13. The number of rotatable bonds is 5. The molecule has 3 heterocycles. The molecule has 2 N–H and O–H groups in total. The lowest BCUT2D eigenvalue weighted by molar-refractivity contribution is 0.102. The topological polar surface area (TPSA) is 114 Å². The van der Waals surface area contributed by atoms with Crippen LogP contribution in [0.2, 0.25) is 0 Å². The molecule has 0 aliphatic heterocycles. The van der Waals surface area contributed by atoms with Crippen LogP contribution in [0.25, 0.3) is 5.78 Å². The van der Waals surface area contributed by atoms with Gasteiger partial charge in [0.2, 0.25) is 5.88 Å². The van der Waals surface area contributed by atoms with Gasteiger partial charge in [0.15, 0.2) is 0 Å². The maximum atomic E-state index is 12.2. The van der Waals surface area contributed by atoms with Crippen molar-refractivity contribution in [2.75, 3.05) is 11.9 Å². The van der Waals surface area contributed by atoms with Gasteiger partial charge >= 0.3 is 0 Å². The van der Waals surface area contributed by atoms with Crippen LogP contribution >= 0.6 is 0 Å². The van der Waals surface area contributed by atoms with Gasteiger partial charge in [-0.25, -0.2) is 15.0 Å². The number of H-pyrrole nitrogens is 1. The number of anilines is 1. The molecular weight excluding hydrogens is 312 g/mol. The molecule has 9 nitrogen and oxygen atoms in total. The zero-order valence-corrected chi connectivity index (χ0v) is 13.2. The van der Waals surface area contributed by atoms with E-state index in [1.54, 1.807) is 12.1 Å². The second-order valence-electron chi connectivity index (χ2n) is 5.55. The first-order valence-electron chi connectivity index (χ1n) is 7.36. The fourth-order valence-electron chi connectivity index (χ4n) is 1.93. The Morgan fingerprint density at radius 1 is 1.38 bits per heavy atom. The Morgan fingerprint density at radius 3 is 2.92 bits per heavy atom. The highest BCUT2D eigenvalue weighted by atomic mass is 16.5. The Kier molecular flexibility index (Phi) is 4.23. The van der Waals surface area contributed by atoms with E-state index >= 15 is 0 Å². The van der Waals surface area contributed by atoms with Gasteiger partial charge in [-0.05, 0) is 12.0 Å². The van der Waals surface area contributed by atoms with Crippen molar-refractivity contribution in [1.82, 2.24) is 24.6 Å². The molecule has 0 aliphatic rings. The minimum atomic E-state index is -0.518. The highest BCUT2D eigenvalue weighted by molar-refractivity contribution is 6.02. The summed E-state index contributed by atoms with van der Waals surface area (Å²) in [5, 5.41) is 5.23. The number of aromatic amines is 1. The van der Waals surface area contributed by atoms with Gasteiger partial charge in [-0.1, -0.05) is 13.8 Å². The van der Waals surface area contributed by atoms with Crippen LogP contribution in [-0.2, 0) is 0 Å². The number of nitrogens with one attached hydrogen (secondary N) is 2. The van der Waals surface area contributed by atoms with Gasteiger partial charge in [0.1, 0.15) is 12.0 Å². The molecule has 0 spiro atoms. The van der Waals surface area contributed by atoms with Gasteiger partial charge in [0.25, 0.3) is 17.2 Å². The summed E-state index contributed by atoms with van der Waals surface area (Å²) >= 11 is 0. The van der Waals surface area contributed by atoms with Gasteiger partial charge in [0, 0.05) is 12.1 Å². The molecule has 9 heteroatoms. The van der Waals surface area contributed by atoms with Gasteiger partial charge in [-0.2, -0.15) is 4.52 Å². The smallest absolute Gasteiger partial charge is 0.274 e. The van der Waals surface area contributed by atoms with Crippen molar-refractivity contribution in [2.45, 2.75) is 13.8 Å². The summed E-state index contributed by atoms with van der Waals surface area (Å²) < 4.78 is 6.61. The SMILES string of the molecule is CC(C)COc1ccc(NC(=O)c2cc(=O)n3[nH]cnc3n2)cn1. The first-order chi connectivity index (χ1) is 11.5. The quantitative estimate of drug-likeness (QED) is 0.725. The van der Waals surface area contributed by atoms with E-state index in [4.69, 9.17) is 4.74 Å². The molecule has 0 radical (unpaired) electrons. The predicted octanol–water partition coefficient (Wildman–Crippen LogP) is 1.10. The standard InChI is InChI=1S/C15H16N6O3/c1-9(2)7-24-12-4-3-10(6-16-12)19-14(23)11-5-13(22)21-15(20-11)17-8-18-21/h3-6,8-9H,7H2,1-2H3,(H,19,23)(H,17,18,20). The molecule has 0 aromatic carbocycles. The van der Waals surface area contributed by atoms with E-state index < -0.39 is 11.5 Å². The van der Waals surface area contributed by atoms with Crippen molar-refractivity contribution in [3.8, 4) is 5.88 Å². The zero-order chi connectivity index (χ0) is 17.1. The van der Waals surface area contributed by atoms with Crippen LogP contribution in [0.5, 0.6) is 5.88 Å². The van der Waals surface area contributed by atoms with Crippen LogP contribution in [0.3, 0.4) is 0 Å². The van der Waals surface area contributed by atoms with E-state index in [1.165, 1.54) is 12.5 Å². The van der Waals surface area contributed by atoms with E-state index in [-0.39, 0.29) is 11.5 Å². The monoisotopic (exact) mass is 328 g/mol. The summed E-state index contributed by atoms with van der Waals surface area (Å²) in [7, 11) is 0. The third kappa shape index (κ3) is 3.40. The van der Waals surface area contributed by atoms with E-state index in [0.29, 0.717) is 24.1 Å². The molecule has 3 aromatic rings. The summed E-state index contributed by atoms with van der Waals surface area (Å²) in [6.07, 6.45) is 2.80. The zero-order valence-electron chi connectivity index (χ0n) is 13.2. The predicted molar refractivity (Wildman–Crippen MR) is 86.1 cm³/mol. The van der Waals surface area contributed by atoms with Crippen molar-refractivity contribution >= 4 is 17.4 Å². The number of hydrogen-bond acceptors (Lipinski definition) is 6. The Hall–Kier alpha value is -3.23. The molecule has 3 aromatic heterocycles. The van der Waals surface area contributed by atoms with Crippen LogP contribution in [-0.4, -0.2) is 37.1 Å². The maximum Gasteiger partial charge on any atom is 0.274 e. The summed E-state index contributed by atoms with van der Waals surface area (Å²) in [4.78, 5) is 36.0. The number of fused-ring (bicyclic) bond motifs is 1. The van der Waals surface area contributed by atoms with Crippen molar-refractivity contribution in [1.29, 1.82) is 0 Å². The lowest BCUT2D eigenvalue weighted by Crippen LogP contribution is -2.21. The maximum absolute atomic E-state index is 12.2. The Morgan fingerprint density at radius 2 is 2.21 bits per heavy atom. The van der Waals surface area contributed by atoms with Crippen molar-refractivity contribution in [3.63, 3.8) is 0 Å². The number of aromatic nitrogens is 5. The van der Waals surface area contributed by atoms with Crippen LogP contribution in [0.15, 0.2) is 35.5 Å². The highest BCUT2D eigenvalue weighted by Gasteiger charge is 2.12. The van der Waals surface area contributed by atoms with E-state index in [1.807, 2.05) is 13.8 Å². The largest absolute Gasteiger partial charge is 0.477 e. The summed E-state index contributed by atoms with van der Waals surface area (Å²) in [6.45, 7) is 4.65. The first kappa shape index (κ1) is 15.7. The Bertz CT molecular complexity index is 913. The van der Waals surface area contributed by atoms with Crippen LogP contribution in [0.4, 0.5) is 5.69 Å². The van der Waals surface area contributed by atoms with E-state index in [0.717, 1.165) is 10.6 Å². The molecule has 3 rings (SSSR count). The number of amides is 1. The lowest BCUT2D eigenvalue weighted by Gasteiger charge is -2.08. The molecule has 0 atom stereocenters. The Labute approximate surface area is 136 Å². The van der Waals surface area contributed by atoms with Gasteiger partial charge in [-0.3, -0.25) is 14.7 Å². The second-order valence-corrected chi connectivity index (χ2v) is 5.55. The second kappa shape index (κ2) is 6.49. The molecule has 0 fully saturated rings. The van der Waals surface area contributed by atoms with E-state index in [2.05, 4.69) is 25.4 Å². The first-order valence-corrected chi connectivity index (χ1v) is 7.36. The molecular formula is C15H16N6O3. The summed E-state index contributed by atoms with van der Waals surface area (Å²) in [5.41, 5.74) is 0.0337. The average molecular weight is 328 g/mol. The molecule has 24 heavy (non-hydrogen) atoms. The van der Waals surface area contributed by atoms with Crippen LogP contribution in [0, 0.1) is 5.92 Å². The number of nitrogens with zero attached hydrogens (tertiary/aromatic N) is 4. The Balaban J connectivity index is 1.72. The summed E-state index contributed by atoms with van der Waals surface area (Å²) in [5.74, 6) is 0.489. The van der Waals surface area contributed by atoms with Gasteiger partial charge in [0.05, 0.1) is 18.5 Å². The number of carbonyl (C=O) groups excluding carboxylic acids is 1. The molecule has 0 bridgehead atoms. The minimum absolute atomic E-state index is 0.0211. The molecule has 0 unspecified atom stereocenters. The van der Waals surface area contributed by atoms with Gasteiger partial charge < -0.3 is 10.1 Å². The molecule has 0 saturated heterocycles. The van der Waals surface area contributed by atoms with E-state index in [9.17, 15) is 9.59 Å². The van der Waals surface area contributed by atoms with Crippen molar-refractivity contribution in [2.24, 2.45) is 5.92 Å². The van der Waals surface area contributed by atoms with Crippen molar-refractivity contribution in [3.05, 3.63) is 46.8 Å². The van der Waals surface area contributed by atoms with Crippen LogP contribution < -0.4 is 15.6 Å². The third-order valence-electron chi connectivity index (χ3n) is 3.06. The lowest BCUT2D eigenvalue weighted by atomic mass is 10.2. The normalized spacial score (nSPS) is 11.0. The number of pyridine rings is 1. The molecule has 0 saturated carbocycles. The van der Waals surface area contributed by atoms with Crippen molar-refractivity contribution < 1.29 is 9.53 Å². The van der Waals surface area contributed by atoms with Gasteiger partial charge in [-0.15, -0.1) is 0 Å². The molecule has 124 valence electrons. The number of carbonyl (C=O) groups is 1. The summed E-state index contributed by atoms with van der Waals surface area (Å²) in [6, 6.07) is 4.46.